The number of amides is 1. The maximum atomic E-state index is 10.4. The highest BCUT2D eigenvalue weighted by Crippen LogP contribution is 2.16. The molecule has 0 aliphatic carbocycles. The van der Waals surface area contributed by atoms with Gasteiger partial charge in [-0.05, 0) is 31.6 Å². The second-order valence-corrected chi connectivity index (χ2v) is 4.20. The Morgan fingerprint density at radius 1 is 1.59 bits per heavy atom. The Bertz CT molecular complexity index is 312. The van der Waals surface area contributed by atoms with Crippen molar-refractivity contribution in [3.63, 3.8) is 0 Å². The number of rotatable bonds is 8. The molecule has 1 atom stereocenters. The van der Waals surface area contributed by atoms with Gasteiger partial charge in [-0.2, -0.15) is 0 Å². The number of aryl methyl sites for hydroxylation is 1. The summed E-state index contributed by atoms with van der Waals surface area (Å²) in [6, 6.07) is 0. The minimum atomic E-state index is -0.683. The Balaban J connectivity index is 2.11. The molecule has 96 valence electrons. The van der Waals surface area contributed by atoms with Gasteiger partial charge in [-0.3, -0.25) is 0 Å². The standard InChI is InChI=1S/C12H21N3O2/c1-2-10(6-7-17-12(13)16)4-3-5-11-8-14-9-15-11/h8-10H,2-7H2,1H3,(H2,13,16)(H,14,15). The topological polar surface area (TPSA) is 81.0 Å². The third-order valence-corrected chi connectivity index (χ3v) is 2.96. The molecule has 5 nitrogen and oxygen atoms in total. The number of hydrogen-bond acceptors (Lipinski definition) is 3. The zero-order chi connectivity index (χ0) is 12.5. The van der Waals surface area contributed by atoms with Crippen LogP contribution >= 0.6 is 0 Å². The number of nitrogens with zero attached hydrogens (tertiary/aromatic N) is 1. The van der Waals surface area contributed by atoms with Crippen LogP contribution in [0.4, 0.5) is 4.79 Å². The van der Waals surface area contributed by atoms with Crippen molar-refractivity contribution in [3.8, 4) is 0 Å². The molecule has 0 aromatic carbocycles. The second kappa shape index (κ2) is 7.70. The summed E-state index contributed by atoms with van der Waals surface area (Å²) < 4.78 is 4.75. The zero-order valence-corrected chi connectivity index (χ0v) is 10.3. The van der Waals surface area contributed by atoms with Gasteiger partial charge in [-0.25, -0.2) is 9.78 Å². The van der Waals surface area contributed by atoms with E-state index in [1.54, 1.807) is 6.33 Å². The summed E-state index contributed by atoms with van der Waals surface area (Å²) >= 11 is 0. The molecule has 1 aromatic rings. The number of aromatic nitrogens is 2. The Labute approximate surface area is 102 Å². The highest BCUT2D eigenvalue weighted by Gasteiger charge is 2.07. The van der Waals surface area contributed by atoms with E-state index >= 15 is 0 Å². The first-order valence-electron chi connectivity index (χ1n) is 6.11. The molecule has 1 unspecified atom stereocenters. The molecule has 0 fully saturated rings. The number of nitrogens with one attached hydrogen (secondary N) is 1. The summed E-state index contributed by atoms with van der Waals surface area (Å²) in [5.74, 6) is 0.595. The van der Waals surface area contributed by atoms with Crippen molar-refractivity contribution in [2.24, 2.45) is 11.7 Å². The van der Waals surface area contributed by atoms with Crippen molar-refractivity contribution in [3.05, 3.63) is 18.2 Å². The van der Waals surface area contributed by atoms with Crippen LogP contribution < -0.4 is 5.73 Å². The lowest BCUT2D eigenvalue weighted by Gasteiger charge is -2.13. The van der Waals surface area contributed by atoms with Crippen LogP contribution in [0.2, 0.25) is 0 Å². The molecule has 0 spiro atoms. The van der Waals surface area contributed by atoms with Gasteiger partial charge in [-0.15, -0.1) is 0 Å². The van der Waals surface area contributed by atoms with E-state index in [1.807, 2.05) is 6.20 Å². The van der Waals surface area contributed by atoms with Crippen molar-refractivity contribution in [1.29, 1.82) is 0 Å². The van der Waals surface area contributed by atoms with Crippen LogP contribution in [0, 0.1) is 5.92 Å². The van der Waals surface area contributed by atoms with Gasteiger partial charge >= 0.3 is 6.09 Å². The van der Waals surface area contributed by atoms with Crippen molar-refractivity contribution in [2.45, 2.75) is 39.0 Å². The Morgan fingerprint density at radius 3 is 3.00 bits per heavy atom. The third-order valence-electron chi connectivity index (χ3n) is 2.96. The molecule has 3 N–H and O–H groups in total. The van der Waals surface area contributed by atoms with Gasteiger partial charge in [0.15, 0.2) is 0 Å². The lowest BCUT2D eigenvalue weighted by atomic mass is 9.96. The molecular formula is C12H21N3O2. The van der Waals surface area contributed by atoms with Crippen LogP contribution in [-0.2, 0) is 11.2 Å². The second-order valence-electron chi connectivity index (χ2n) is 4.20. The fourth-order valence-corrected chi connectivity index (χ4v) is 1.88. The largest absolute Gasteiger partial charge is 0.450 e. The van der Waals surface area contributed by atoms with Crippen LogP contribution in [-0.4, -0.2) is 22.7 Å². The van der Waals surface area contributed by atoms with E-state index in [9.17, 15) is 4.79 Å². The molecule has 0 aliphatic rings. The lowest BCUT2D eigenvalue weighted by molar-refractivity contribution is 0.147. The Hall–Kier alpha value is -1.52. The third kappa shape index (κ3) is 5.94. The number of carbonyl (C=O) groups excluding carboxylic acids is 1. The van der Waals surface area contributed by atoms with Crippen LogP contribution in [0.3, 0.4) is 0 Å². The minimum Gasteiger partial charge on any atom is -0.450 e. The average Bonchev–Trinajstić information content (AvgIpc) is 2.79. The number of primary amides is 1. The Morgan fingerprint density at radius 2 is 2.41 bits per heavy atom. The number of carbonyl (C=O) groups is 1. The first kappa shape index (κ1) is 13.5. The SMILES string of the molecule is CCC(CCCc1cnc[nH]1)CCOC(N)=O. The molecule has 0 saturated carbocycles. The quantitative estimate of drug-likeness (QED) is 0.730. The molecule has 0 saturated heterocycles. The van der Waals surface area contributed by atoms with Crippen LogP contribution in [0.1, 0.15) is 38.3 Å². The van der Waals surface area contributed by atoms with Crippen LogP contribution in [0.15, 0.2) is 12.5 Å². The number of H-pyrrole nitrogens is 1. The van der Waals surface area contributed by atoms with Gasteiger partial charge in [0.05, 0.1) is 12.9 Å². The van der Waals surface area contributed by atoms with Crippen molar-refractivity contribution >= 4 is 6.09 Å². The number of imidazole rings is 1. The summed E-state index contributed by atoms with van der Waals surface area (Å²) in [5.41, 5.74) is 6.09. The summed E-state index contributed by atoms with van der Waals surface area (Å²) in [6.07, 6.45) is 8.15. The normalized spacial score (nSPS) is 12.3. The van der Waals surface area contributed by atoms with Gasteiger partial charge in [0, 0.05) is 11.9 Å². The monoisotopic (exact) mass is 239 g/mol. The molecule has 17 heavy (non-hydrogen) atoms. The van der Waals surface area contributed by atoms with E-state index in [1.165, 1.54) is 5.69 Å². The zero-order valence-electron chi connectivity index (χ0n) is 10.3. The van der Waals surface area contributed by atoms with E-state index < -0.39 is 6.09 Å². The fourth-order valence-electron chi connectivity index (χ4n) is 1.88. The lowest BCUT2D eigenvalue weighted by Crippen LogP contribution is -2.15. The molecule has 0 bridgehead atoms. The summed E-state index contributed by atoms with van der Waals surface area (Å²) in [4.78, 5) is 17.5. The summed E-state index contributed by atoms with van der Waals surface area (Å²) in [6.45, 7) is 2.59. The number of nitrogens with two attached hydrogens (primary N) is 1. The molecule has 1 aromatic heterocycles. The van der Waals surface area contributed by atoms with Gasteiger partial charge in [0.1, 0.15) is 0 Å². The number of ether oxygens (including phenoxy) is 1. The average molecular weight is 239 g/mol. The Kier molecular flexibility index (Phi) is 6.14. The minimum absolute atomic E-state index is 0.428. The van der Waals surface area contributed by atoms with Crippen molar-refractivity contribution < 1.29 is 9.53 Å². The van der Waals surface area contributed by atoms with Crippen LogP contribution in [0.5, 0.6) is 0 Å². The molecule has 1 heterocycles. The van der Waals surface area contributed by atoms with E-state index in [4.69, 9.17) is 10.5 Å². The predicted molar refractivity (Wildman–Crippen MR) is 65.5 cm³/mol. The molecule has 0 radical (unpaired) electrons. The van der Waals surface area contributed by atoms with Gasteiger partial charge < -0.3 is 15.5 Å². The number of hydrogen-bond donors (Lipinski definition) is 2. The van der Waals surface area contributed by atoms with Gasteiger partial charge in [0.2, 0.25) is 0 Å². The fraction of sp³-hybridized carbons (Fsp3) is 0.667. The summed E-state index contributed by atoms with van der Waals surface area (Å²) in [5, 5.41) is 0. The van der Waals surface area contributed by atoms with Gasteiger partial charge in [0.25, 0.3) is 0 Å². The summed E-state index contributed by atoms with van der Waals surface area (Å²) in [7, 11) is 0. The first-order valence-corrected chi connectivity index (χ1v) is 6.11. The van der Waals surface area contributed by atoms with E-state index in [0.29, 0.717) is 12.5 Å². The molecular weight excluding hydrogens is 218 g/mol. The van der Waals surface area contributed by atoms with Crippen molar-refractivity contribution in [1.82, 2.24) is 9.97 Å². The maximum absolute atomic E-state index is 10.4. The maximum Gasteiger partial charge on any atom is 0.404 e. The highest BCUT2D eigenvalue weighted by atomic mass is 16.5. The van der Waals surface area contributed by atoms with E-state index in [-0.39, 0.29) is 0 Å². The smallest absolute Gasteiger partial charge is 0.404 e. The number of aromatic amines is 1. The highest BCUT2D eigenvalue weighted by molar-refractivity contribution is 5.64. The molecule has 0 aliphatic heterocycles. The first-order chi connectivity index (χ1) is 8.22. The van der Waals surface area contributed by atoms with Crippen molar-refractivity contribution in [2.75, 3.05) is 6.61 Å². The van der Waals surface area contributed by atoms with Crippen LogP contribution in [0.25, 0.3) is 0 Å². The van der Waals surface area contributed by atoms with E-state index in [2.05, 4.69) is 16.9 Å². The molecule has 1 amide bonds. The van der Waals surface area contributed by atoms with Gasteiger partial charge in [-0.1, -0.05) is 13.3 Å². The molecule has 5 heteroatoms. The van der Waals surface area contributed by atoms with E-state index in [0.717, 1.165) is 32.1 Å². The molecule has 1 rings (SSSR count). The predicted octanol–water partition coefficient (Wildman–Crippen LogP) is 2.24.